The first kappa shape index (κ1) is 23.4. The topological polar surface area (TPSA) is 88.7 Å². The molecule has 3 atom stereocenters. The summed E-state index contributed by atoms with van der Waals surface area (Å²) < 4.78 is 13.6. The Hall–Kier alpha value is -2.45. The number of carbonyl (C=O) groups is 1. The highest BCUT2D eigenvalue weighted by Crippen LogP contribution is 2.59. The van der Waals surface area contributed by atoms with Crippen molar-refractivity contribution in [3.63, 3.8) is 0 Å². The van der Waals surface area contributed by atoms with Crippen LogP contribution in [0.5, 0.6) is 0 Å². The molecule has 1 N–H and O–H groups in total. The maximum Gasteiger partial charge on any atom is 0.335 e. The second-order valence-corrected chi connectivity index (χ2v) is 13.6. The van der Waals surface area contributed by atoms with Crippen LogP contribution in [0.2, 0.25) is 0 Å². The highest BCUT2D eigenvalue weighted by Gasteiger charge is 2.47. The number of piperidine rings is 1. The van der Waals surface area contributed by atoms with Gasteiger partial charge in [-0.05, 0) is 101 Å². The molecule has 38 heavy (non-hydrogen) atoms. The van der Waals surface area contributed by atoms with E-state index in [0.29, 0.717) is 41.5 Å². The van der Waals surface area contributed by atoms with E-state index in [9.17, 15) is 9.90 Å². The second kappa shape index (κ2) is 8.78. The van der Waals surface area contributed by atoms with E-state index >= 15 is 0 Å². The monoisotopic (exact) mass is 533 g/mol. The Kier molecular flexibility index (Phi) is 5.42. The van der Waals surface area contributed by atoms with Crippen molar-refractivity contribution in [2.75, 3.05) is 4.90 Å². The number of benzene rings is 1. The van der Waals surface area contributed by atoms with Gasteiger partial charge in [-0.2, -0.15) is 0 Å². The molecule has 1 aromatic carbocycles. The summed E-state index contributed by atoms with van der Waals surface area (Å²) in [6.45, 7) is 0.634. The molecule has 200 valence electrons. The van der Waals surface area contributed by atoms with Gasteiger partial charge in [-0.25, -0.2) is 9.78 Å². The molecule has 2 unspecified atom stereocenters. The van der Waals surface area contributed by atoms with Crippen LogP contribution in [0.3, 0.4) is 0 Å². The van der Waals surface area contributed by atoms with Crippen LogP contribution >= 0.6 is 11.3 Å². The highest BCUT2D eigenvalue weighted by atomic mass is 32.1. The zero-order chi connectivity index (χ0) is 25.4. The average Bonchev–Trinajstić information content (AvgIpc) is 3.79. The Morgan fingerprint density at radius 3 is 2.50 bits per heavy atom. The minimum atomic E-state index is -0.893. The molecule has 3 aliphatic carbocycles. The molecule has 3 saturated carbocycles. The van der Waals surface area contributed by atoms with Gasteiger partial charge in [0.25, 0.3) is 0 Å². The van der Waals surface area contributed by atoms with Crippen LogP contribution < -0.4 is 4.90 Å². The minimum absolute atomic E-state index is 0.243. The van der Waals surface area contributed by atoms with Crippen LogP contribution in [-0.2, 0) is 11.3 Å². The van der Waals surface area contributed by atoms with Gasteiger partial charge in [-0.3, -0.25) is 0 Å². The molecule has 2 bridgehead atoms. The number of aromatic nitrogens is 2. The number of ether oxygens (including phenoxy) is 1. The molecule has 3 aromatic rings. The van der Waals surface area contributed by atoms with Crippen molar-refractivity contribution in [1.82, 2.24) is 10.1 Å². The summed E-state index contributed by atoms with van der Waals surface area (Å²) in [7, 11) is 0. The molecule has 4 heterocycles. The summed E-state index contributed by atoms with van der Waals surface area (Å²) in [4.78, 5) is 18.8. The number of anilines is 1. The van der Waals surface area contributed by atoms with Gasteiger partial charge in [0, 0.05) is 29.5 Å². The number of thiazole rings is 1. The van der Waals surface area contributed by atoms with Gasteiger partial charge in [0.15, 0.2) is 5.13 Å². The Labute approximate surface area is 226 Å². The van der Waals surface area contributed by atoms with Crippen LogP contribution in [0.4, 0.5) is 5.13 Å². The van der Waals surface area contributed by atoms with Crippen LogP contribution in [0.25, 0.3) is 10.2 Å². The lowest BCUT2D eigenvalue weighted by molar-refractivity contribution is 0.0140. The van der Waals surface area contributed by atoms with Gasteiger partial charge >= 0.3 is 5.97 Å². The third-order valence-corrected chi connectivity index (χ3v) is 11.2. The Morgan fingerprint density at radius 2 is 1.82 bits per heavy atom. The third kappa shape index (κ3) is 4.06. The molecule has 5 aliphatic rings. The largest absolute Gasteiger partial charge is 0.478 e. The van der Waals surface area contributed by atoms with Crippen molar-refractivity contribution in [3.8, 4) is 0 Å². The zero-order valence-corrected chi connectivity index (χ0v) is 22.5. The zero-order valence-electron chi connectivity index (χ0n) is 21.7. The van der Waals surface area contributed by atoms with Crippen molar-refractivity contribution in [2.45, 2.75) is 114 Å². The SMILES string of the molecule is O=C(O)c1ccc2nc(N3C4CC[C@H]3CC(OCc3c(C5CCC6(CC5)CC6)noc3C3CC3)C4)sc2c1. The molecular formula is C30H35N3O4S. The molecule has 8 heteroatoms. The van der Waals surface area contributed by atoms with E-state index in [-0.39, 0.29) is 6.10 Å². The standard InChI is InChI=1S/C30H35N3O4S/c34-28(35)19-3-6-24-25(13-19)38-29(31-24)33-20-4-5-21(33)15-22(14-20)36-16-23-26(32-37-27(23)18-1-2-18)17-7-9-30(10-8-17)11-12-30/h3,6,13,17-18,20-22H,1-2,4-5,7-12,14-16H2,(H,34,35)/t20-,21?,22?/m0/s1. The second-order valence-electron chi connectivity index (χ2n) is 12.6. The Bertz CT molecular complexity index is 1370. The van der Waals surface area contributed by atoms with E-state index in [1.54, 1.807) is 23.5 Å². The van der Waals surface area contributed by atoms with Gasteiger partial charge in [0.05, 0.1) is 34.2 Å². The molecule has 1 spiro atoms. The lowest BCUT2D eigenvalue weighted by Crippen LogP contribution is -2.45. The summed E-state index contributed by atoms with van der Waals surface area (Å²) in [6, 6.07) is 6.09. The number of rotatable bonds is 7. The number of hydrogen-bond acceptors (Lipinski definition) is 7. The van der Waals surface area contributed by atoms with Crippen molar-refractivity contribution in [2.24, 2.45) is 5.41 Å². The first-order chi connectivity index (χ1) is 18.6. The molecule has 2 aliphatic heterocycles. The number of carboxylic acid groups (broad SMARTS) is 1. The predicted molar refractivity (Wildman–Crippen MR) is 145 cm³/mol. The number of fused-ring (bicyclic) bond motifs is 3. The first-order valence-corrected chi connectivity index (χ1v) is 15.4. The molecule has 2 saturated heterocycles. The Morgan fingerprint density at radius 1 is 1.05 bits per heavy atom. The summed E-state index contributed by atoms with van der Waals surface area (Å²) in [6.07, 6.45) is 15.1. The van der Waals surface area contributed by atoms with E-state index in [2.05, 4.69) is 10.1 Å². The normalized spacial score (nSPS) is 28.4. The summed E-state index contributed by atoms with van der Waals surface area (Å²) in [5.74, 6) is 1.31. The summed E-state index contributed by atoms with van der Waals surface area (Å²) in [5, 5.41) is 15.0. The van der Waals surface area contributed by atoms with Gasteiger partial charge in [0.1, 0.15) is 5.76 Å². The Balaban J connectivity index is 0.968. The summed E-state index contributed by atoms with van der Waals surface area (Å²) in [5.41, 5.74) is 4.38. The molecule has 0 radical (unpaired) electrons. The van der Waals surface area contributed by atoms with Crippen molar-refractivity contribution >= 4 is 32.7 Å². The van der Waals surface area contributed by atoms with Crippen molar-refractivity contribution < 1.29 is 19.2 Å². The van der Waals surface area contributed by atoms with Crippen molar-refractivity contribution in [1.29, 1.82) is 0 Å². The lowest BCUT2D eigenvalue weighted by atomic mass is 9.77. The number of aromatic carboxylic acids is 1. The summed E-state index contributed by atoms with van der Waals surface area (Å²) >= 11 is 1.62. The quantitative estimate of drug-likeness (QED) is 0.349. The molecule has 7 nitrogen and oxygen atoms in total. The fourth-order valence-electron chi connectivity index (χ4n) is 7.58. The van der Waals surface area contributed by atoms with E-state index < -0.39 is 5.97 Å². The van der Waals surface area contributed by atoms with Gasteiger partial charge in [-0.1, -0.05) is 16.5 Å². The number of hydrogen-bond donors (Lipinski definition) is 1. The molecule has 2 aromatic heterocycles. The predicted octanol–water partition coefficient (Wildman–Crippen LogP) is 7.01. The number of carboxylic acids is 1. The maximum atomic E-state index is 11.4. The third-order valence-electron chi connectivity index (χ3n) is 10.2. The van der Waals surface area contributed by atoms with Gasteiger partial charge < -0.3 is 19.3 Å². The molecule has 8 rings (SSSR count). The fraction of sp³-hybridized carbons (Fsp3) is 0.633. The van der Waals surface area contributed by atoms with Crippen molar-refractivity contribution in [3.05, 3.63) is 40.8 Å². The van der Waals surface area contributed by atoms with E-state index in [1.165, 1.54) is 62.6 Å². The van der Waals surface area contributed by atoms with Crippen LogP contribution in [0, 0.1) is 5.41 Å². The lowest BCUT2D eigenvalue weighted by Gasteiger charge is -2.38. The van der Waals surface area contributed by atoms with E-state index in [1.807, 2.05) is 6.07 Å². The highest BCUT2D eigenvalue weighted by molar-refractivity contribution is 7.22. The van der Waals surface area contributed by atoms with Crippen LogP contribution in [-0.4, -0.2) is 39.4 Å². The maximum absolute atomic E-state index is 11.4. The molecular weight excluding hydrogens is 498 g/mol. The number of nitrogens with zero attached hydrogens (tertiary/aromatic N) is 3. The minimum Gasteiger partial charge on any atom is -0.478 e. The average molecular weight is 534 g/mol. The smallest absolute Gasteiger partial charge is 0.335 e. The van der Waals surface area contributed by atoms with E-state index in [0.717, 1.165) is 46.8 Å². The fourth-order valence-corrected chi connectivity index (χ4v) is 8.73. The first-order valence-electron chi connectivity index (χ1n) is 14.6. The van der Waals surface area contributed by atoms with Gasteiger partial charge in [0.2, 0.25) is 0 Å². The van der Waals surface area contributed by atoms with Gasteiger partial charge in [-0.15, -0.1) is 0 Å². The molecule has 0 amide bonds. The van der Waals surface area contributed by atoms with Crippen LogP contribution in [0.1, 0.15) is 116 Å². The van der Waals surface area contributed by atoms with Crippen LogP contribution in [0.15, 0.2) is 22.7 Å². The van der Waals surface area contributed by atoms with E-state index in [4.69, 9.17) is 14.2 Å². The molecule has 5 fully saturated rings.